The number of halogens is 2. The minimum absolute atomic E-state index is 0.0690. The number of nitrogens with zero attached hydrogens (tertiary/aromatic N) is 1. The van der Waals surface area contributed by atoms with Gasteiger partial charge in [0.2, 0.25) is 5.91 Å². The van der Waals surface area contributed by atoms with Crippen molar-refractivity contribution in [1.29, 1.82) is 0 Å². The van der Waals surface area contributed by atoms with E-state index in [1.165, 1.54) is 24.3 Å². The maximum atomic E-state index is 13.1. The van der Waals surface area contributed by atoms with E-state index in [4.69, 9.17) is 11.6 Å². The minimum atomic E-state index is -3.81. The largest absolute Gasteiger partial charge is 0.326 e. The van der Waals surface area contributed by atoms with Crippen LogP contribution in [0, 0.1) is 11.7 Å². The molecular weight excluding hydrogens is 477 g/mol. The number of rotatable bonds is 7. The Balaban J connectivity index is 1.30. The number of para-hydroxylation sites is 1. The molecule has 1 aliphatic heterocycles. The van der Waals surface area contributed by atoms with Crippen molar-refractivity contribution in [3.05, 3.63) is 89.2 Å². The van der Waals surface area contributed by atoms with E-state index in [0.29, 0.717) is 16.4 Å². The first-order valence-corrected chi connectivity index (χ1v) is 12.8. The predicted molar refractivity (Wildman–Crippen MR) is 132 cm³/mol. The van der Waals surface area contributed by atoms with Crippen LogP contribution in [-0.2, 0) is 21.4 Å². The first-order valence-electron chi connectivity index (χ1n) is 11.0. The normalized spacial score (nSPS) is 15.1. The number of nitrogens with one attached hydrogen (secondary N) is 2. The molecular formula is C25H25ClFN3O3S. The number of anilines is 2. The lowest BCUT2D eigenvalue weighted by molar-refractivity contribution is -0.121. The Kier molecular flexibility index (Phi) is 7.50. The standard InChI is InChI=1S/C25H25ClFN3O3S/c26-23-3-1-2-4-24(23)29-34(32,33)22-11-9-21(10-12-22)28-25(31)19-13-15-30(16-14-19)17-18-5-7-20(27)8-6-18/h1-12,19,29H,13-17H2,(H,28,31). The van der Waals surface area contributed by atoms with Crippen molar-refractivity contribution < 1.29 is 17.6 Å². The zero-order valence-corrected chi connectivity index (χ0v) is 19.9. The second-order valence-corrected chi connectivity index (χ2v) is 10.4. The van der Waals surface area contributed by atoms with E-state index in [1.807, 2.05) is 0 Å². The molecule has 0 radical (unpaired) electrons. The Morgan fingerprint density at radius 3 is 2.26 bits per heavy atom. The van der Waals surface area contributed by atoms with Gasteiger partial charge in [-0.15, -0.1) is 0 Å². The van der Waals surface area contributed by atoms with Gasteiger partial charge in [0.15, 0.2) is 0 Å². The fourth-order valence-electron chi connectivity index (χ4n) is 3.91. The fraction of sp³-hybridized carbons (Fsp3) is 0.240. The van der Waals surface area contributed by atoms with Crippen molar-refractivity contribution in [2.24, 2.45) is 5.92 Å². The van der Waals surface area contributed by atoms with Gasteiger partial charge in [-0.3, -0.25) is 14.4 Å². The Morgan fingerprint density at radius 1 is 0.971 bits per heavy atom. The molecule has 3 aromatic carbocycles. The van der Waals surface area contributed by atoms with Crippen molar-refractivity contribution in [3.8, 4) is 0 Å². The molecule has 0 aliphatic carbocycles. The summed E-state index contributed by atoms with van der Waals surface area (Å²) in [6, 6.07) is 19.1. The molecule has 0 spiro atoms. The topological polar surface area (TPSA) is 78.5 Å². The molecule has 6 nitrogen and oxygen atoms in total. The maximum absolute atomic E-state index is 13.1. The minimum Gasteiger partial charge on any atom is -0.326 e. The van der Waals surface area contributed by atoms with Crippen LogP contribution in [0.3, 0.4) is 0 Å². The number of likely N-dealkylation sites (tertiary alicyclic amines) is 1. The van der Waals surface area contributed by atoms with E-state index in [9.17, 15) is 17.6 Å². The molecule has 1 saturated heterocycles. The summed E-state index contributed by atoms with van der Waals surface area (Å²) in [5.74, 6) is -0.442. The number of piperidine rings is 1. The summed E-state index contributed by atoms with van der Waals surface area (Å²) in [5, 5.41) is 3.19. The van der Waals surface area contributed by atoms with E-state index < -0.39 is 10.0 Å². The molecule has 9 heteroatoms. The molecule has 178 valence electrons. The van der Waals surface area contributed by atoms with Gasteiger partial charge < -0.3 is 5.32 Å². The second kappa shape index (κ2) is 10.5. The van der Waals surface area contributed by atoms with E-state index in [0.717, 1.165) is 38.0 Å². The van der Waals surface area contributed by atoms with Gasteiger partial charge in [0.25, 0.3) is 10.0 Å². The lowest BCUT2D eigenvalue weighted by Gasteiger charge is -2.31. The molecule has 0 unspecified atom stereocenters. The van der Waals surface area contributed by atoms with Gasteiger partial charge in [0, 0.05) is 18.2 Å². The van der Waals surface area contributed by atoms with Crippen LogP contribution in [0.15, 0.2) is 77.7 Å². The van der Waals surface area contributed by atoms with Gasteiger partial charge in [0.05, 0.1) is 15.6 Å². The maximum Gasteiger partial charge on any atom is 0.261 e. The summed E-state index contributed by atoms with van der Waals surface area (Å²) in [7, 11) is -3.81. The van der Waals surface area contributed by atoms with Gasteiger partial charge in [0.1, 0.15) is 5.82 Å². The van der Waals surface area contributed by atoms with E-state index in [2.05, 4.69) is 14.9 Å². The van der Waals surface area contributed by atoms with E-state index in [-0.39, 0.29) is 22.5 Å². The molecule has 0 bridgehead atoms. The van der Waals surface area contributed by atoms with Crippen LogP contribution in [0.1, 0.15) is 18.4 Å². The Morgan fingerprint density at radius 2 is 1.62 bits per heavy atom. The number of hydrogen-bond acceptors (Lipinski definition) is 4. The van der Waals surface area contributed by atoms with Crippen LogP contribution in [0.2, 0.25) is 5.02 Å². The lowest BCUT2D eigenvalue weighted by atomic mass is 9.95. The third-order valence-electron chi connectivity index (χ3n) is 5.83. The Hall–Kier alpha value is -2.94. The Labute approximate surface area is 203 Å². The Bertz CT molecular complexity index is 1240. The van der Waals surface area contributed by atoms with Gasteiger partial charge in [-0.2, -0.15) is 0 Å². The van der Waals surface area contributed by atoms with Crippen molar-refractivity contribution in [1.82, 2.24) is 4.90 Å². The number of benzene rings is 3. The summed E-state index contributed by atoms with van der Waals surface area (Å²) >= 11 is 6.04. The fourth-order valence-corrected chi connectivity index (χ4v) is 5.23. The van der Waals surface area contributed by atoms with Crippen molar-refractivity contribution in [3.63, 3.8) is 0 Å². The lowest BCUT2D eigenvalue weighted by Crippen LogP contribution is -2.37. The molecule has 0 atom stereocenters. The molecule has 0 aromatic heterocycles. The first kappa shape index (κ1) is 24.2. The summed E-state index contributed by atoms with van der Waals surface area (Å²) in [6.07, 6.45) is 1.45. The molecule has 1 aliphatic rings. The molecule has 1 heterocycles. The predicted octanol–water partition coefficient (Wildman–Crippen LogP) is 5.13. The van der Waals surface area contributed by atoms with E-state index in [1.54, 1.807) is 48.5 Å². The van der Waals surface area contributed by atoms with Crippen LogP contribution in [-0.4, -0.2) is 32.3 Å². The number of carbonyl (C=O) groups excluding carboxylic acids is 1. The van der Waals surface area contributed by atoms with Gasteiger partial charge in [-0.05, 0) is 80.0 Å². The number of carbonyl (C=O) groups is 1. The number of amides is 1. The second-order valence-electron chi connectivity index (χ2n) is 8.28. The highest BCUT2D eigenvalue weighted by molar-refractivity contribution is 7.92. The zero-order valence-electron chi connectivity index (χ0n) is 18.4. The molecule has 1 amide bonds. The zero-order chi connectivity index (χ0) is 24.1. The molecule has 3 aromatic rings. The monoisotopic (exact) mass is 501 g/mol. The molecule has 4 rings (SSSR count). The van der Waals surface area contributed by atoms with Crippen LogP contribution >= 0.6 is 11.6 Å². The third kappa shape index (κ3) is 6.14. The summed E-state index contributed by atoms with van der Waals surface area (Å²) < 4.78 is 40.8. The highest BCUT2D eigenvalue weighted by Gasteiger charge is 2.25. The summed E-state index contributed by atoms with van der Waals surface area (Å²) in [4.78, 5) is 15.0. The summed E-state index contributed by atoms with van der Waals surface area (Å²) in [5.41, 5.74) is 1.88. The highest BCUT2D eigenvalue weighted by Crippen LogP contribution is 2.25. The molecule has 2 N–H and O–H groups in total. The molecule has 34 heavy (non-hydrogen) atoms. The third-order valence-corrected chi connectivity index (χ3v) is 7.54. The number of sulfonamides is 1. The van der Waals surface area contributed by atoms with Gasteiger partial charge >= 0.3 is 0 Å². The van der Waals surface area contributed by atoms with Gasteiger partial charge in [-0.25, -0.2) is 12.8 Å². The van der Waals surface area contributed by atoms with Crippen LogP contribution in [0.5, 0.6) is 0 Å². The quantitative estimate of drug-likeness (QED) is 0.470. The van der Waals surface area contributed by atoms with E-state index >= 15 is 0 Å². The average molecular weight is 502 g/mol. The van der Waals surface area contributed by atoms with Crippen LogP contribution in [0.4, 0.5) is 15.8 Å². The highest BCUT2D eigenvalue weighted by atomic mass is 35.5. The molecule has 1 fully saturated rings. The van der Waals surface area contributed by atoms with Crippen molar-refractivity contribution >= 4 is 38.9 Å². The average Bonchev–Trinajstić information content (AvgIpc) is 2.83. The SMILES string of the molecule is O=C(Nc1ccc(S(=O)(=O)Nc2ccccc2Cl)cc1)C1CCN(Cc2ccc(F)cc2)CC1. The summed E-state index contributed by atoms with van der Waals surface area (Å²) in [6.45, 7) is 2.29. The van der Waals surface area contributed by atoms with Crippen molar-refractivity contribution in [2.75, 3.05) is 23.1 Å². The first-order chi connectivity index (χ1) is 16.3. The van der Waals surface area contributed by atoms with Crippen molar-refractivity contribution in [2.45, 2.75) is 24.3 Å². The molecule has 0 saturated carbocycles. The van der Waals surface area contributed by atoms with Gasteiger partial charge in [-0.1, -0.05) is 35.9 Å². The van der Waals surface area contributed by atoms with Crippen LogP contribution in [0.25, 0.3) is 0 Å². The number of hydrogen-bond donors (Lipinski definition) is 2. The smallest absolute Gasteiger partial charge is 0.261 e. The van der Waals surface area contributed by atoms with Crippen LogP contribution < -0.4 is 10.0 Å².